The number of likely N-dealkylation sites (N-methyl/N-ethyl adjacent to an activating group) is 1. The predicted octanol–water partition coefficient (Wildman–Crippen LogP) is 3.34. The van der Waals surface area contributed by atoms with E-state index in [-0.39, 0.29) is 5.91 Å². The van der Waals surface area contributed by atoms with Crippen LogP contribution in [-0.4, -0.2) is 45.6 Å². The number of carbonyl (C=O) groups is 1. The van der Waals surface area contributed by atoms with Gasteiger partial charge >= 0.3 is 0 Å². The third-order valence-corrected chi connectivity index (χ3v) is 5.35. The number of hydrogen-bond donors (Lipinski definition) is 3. The Labute approximate surface area is 203 Å². The molecule has 0 saturated carbocycles. The lowest BCUT2D eigenvalue weighted by Crippen LogP contribution is -2.23. The van der Waals surface area contributed by atoms with Crippen LogP contribution in [0.1, 0.15) is 17.9 Å². The van der Waals surface area contributed by atoms with Crippen molar-refractivity contribution in [1.82, 2.24) is 25.1 Å². The first-order valence-corrected chi connectivity index (χ1v) is 11.1. The predicted molar refractivity (Wildman–Crippen MR) is 136 cm³/mol. The van der Waals surface area contributed by atoms with Gasteiger partial charge in [-0.2, -0.15) is 5.10 Å². The van der Waals surface area contributed by atoms with Gasteiger partial charge in [-0.3, -0.25) is 9.48 Å². The van der Waals surface area contributed by atoms with Crippen LogP contribution in [0.3, 0.4) is 0 Å². The summed E-state index contributed by atoms with van der Waals surface area (Å²) in [5, 5.41) is 13.6. The molecule has 0 aliphatic carbocycles. The molecule has 10 heteroatoms. The maximum Gasteiger partial charge on any atom is 0.254 e. The molecule has 0 radical (unpaired) electrons. The summed E-state index contributed by atoms with van der Waals surface area (Å²) in [6.07, 6.45) is 7.61. The molecule has 0 saturated heterocycles. The Bertz CT molecular complexity index is 1330. The van der Waals surface area contributed by atoms with Crippen LogP contribution in [0.25, 0.3) is 11.1 Å². The number of amides is 1. The zero-order chi connectivity index (χ0) is 24.9. The third-order valence-electron chi connectivity index (χ3n) is 5.35. The van der Waals surface area contributed by atoms with Crippen molar-refractivity contribution >= 4 is 23.2 Å². The van der Waals surface area contributed by atoms with Gasteiger partial charge in [-0.25, -0.2) is 15.0 Å². The number of aryl methyl sites for hydroxylation is 3. The summed E-state index contributed by atoms with van der Waals surface area (Å²) in [5.74, 6) is 2.36. The Morgan fingerprint density at radius 2 is 2.00 bits per heavy atom. The lowest BCUT2D eigenvalue weighted by molar-refractivity contribution is -0.116. The van der Waals surface area contributed by atoms with Gasteiger partial charge in [0.1, 0.15) is 23.2 Å². The fraction of sp³-hybridized carbons (Fsp3) is 0.240. The van der Waals surface area contributed by atoms with Crippen LogP contribution in [0.15, 0.2) is 65.2 Å². The lowest BCUT2D eigenvalue weighted by Gasteiger charge is -2.17. The normalized spacial score (nSPS) is 13.2. The number of anilines is 2. The zero-order valence-electron chi connectivity index (χ0n) is 20.4. The van der Waals surface area contributed by atoms with Crippen LogP contribution in [0, 0.1) is 13.8 Å². The summed E-state index contributed by atoms with van der Waals surface area (Å²) in [4.78, 5) is 25.9. The number of methoxy groups -OCH3 is 1. The molecule has 1 aromatic carbocycles. The van der Waals surface area contributed by atoms with E-state index in [0.717, 1.165) is 16.8 Å². The molecule has 35 heavy (non-hydrogen) atoms. The van der Waals surface area contributed by atoms with Crippen LogP contribution in [0.2, 0.25) is 0 Å². The van der Waals surface area contributed by atoms with E-state index >= 15 is 0 Å². The van der Waals surface area contributed by atoms with Gasteiger partial charge in [-0.05, 0) is 19.9 Å². The smallest absolute Gasteiger partial charge is 0.254 e. The molecule has 0 spiro atoms. The molecular formula is C25H28N8O2. The second-order valence-electron chi connectivity index (χ2n) is 8.00. The van der Waals surface area contributed by atoms with Crippen molar-refractivity contribution in [2.24, 2.45) is 12.0 Å². The summed E-state index contributed by atoms with van der Waals surface area (Å²) in [5.41, 5.74) is 4.39. The maximum absolute atomic E-state index is 12.7. The molecule has 3 N–H and O–H groups in total. The van der Waals surface area contributed by atoms with Crippen LogP contribution in [-0.2, 0) is 11.8 Å². The van der Waals surface area contributed by atoms with E-state index in [1.807, 2.05) is 57.4 Å². The SMILES string of the molecule is CNC(=O)C1=CN=C(Nc2cc(C)nc(C)n2)CC=C1Nc1cccc(-c2cnn(C)c2)c1OC. The Kier molecular flexibility index (Phi) is 6.91. The van der Waals surface area contributed by atoms with E-state index < -0.39 is 0 Å². The molecule has 3 heterocycles. The number of rotatable bonds is 6. The Morgan fingerprint density at radius 1 is 1.17 bits per heavy atom. The Balaban J connectivity index is 1.66. The topological polar surface area (TPSA) is 118 Å². The molecule has 0 unspecified atom stereocenters. The van der Waals surface area contributed by atoms with E-state index in [4.69, 9.17) is 4.74 Å². The minimum absolute atomic E-state index is 0.259. The molecule has 1 amide bonds. The highest BCUT2D eigenvalue weighted by Crippen LogP contribution is 2.37. The molecular weight excluding hydrogens is 444 g/mol. The first-order valence-electron chi connectivity index (χ1n) is 11.1. The van der Waals surface area contributed by atoms with Crippen LogP contribution >= 0.6 is 0 Å². The molecule has 1 aliphatic heterocycles. The fourth-order valence-electron chi connectivity index (χ4n) is 3.81. The number of carbonyl (C=O) groups excluding carboxylic acids is 1. The number of para-hydroxylation sites is 1. The lowest BCUT2D eigenvalue weighted by atomic mass is 10.1. The highest BCUT2D eigenvalue weighted by Gasteiger charge is 2.20. The molecule has 1 aliphatic rings. The number of ether oxygens (including phenoxy) is 1. The summed E-state index contributed by atoms with van der Waals surface area (Å²) >= 11 is 0. The molecule has 3 aromatic rings. The van der Waals surface area contributed by atoms with Gasteiger partial charge in [-0.1, -0.05) is 18.2 Å². The summed E-state index contributed by atoms with van der Waals surface area (Å²) in [6.45, 7) is 3.75. The highest BCUT2D eigenvalue weighted by atomic mass is 16.5. The Hall–Kier alpha value is -4.47. The van der Waals surface area contributed by atoms with E-state index in [0.29, 0.717) is 46.6 Å². The van der Waals surface area contributed by atoms with Crippen LogP contribution in [0.4, 0.5) is 11.5 Å². The molecule has 0 atom stereocenters. The number of aliphatic imine (C=N–C) groups is 1. The standard InChI is InChI=1S/C25H28N8O2/c1-15-11-23(30-16(2)29-15)32-22-10-9-20(19(13-27-22)25(34)26-3)31-21-8-6-7-18(24(21)35-5)17-12-28-33(4)14-17/h6-9,11-14,31H,10H2,1-5H3,(H,26,34)(H,27,29,30,32). The van der Waals surface area contributed by atoms with Crippen molar-refractivity contribution < 1.29 is 9.53 Å². The molecule has 4 rings (SSSR count). The maximum atomic E-state index is 12.7. The average molecular weight is 473 g/mol. The summed E-state index contributed by atoms with van der Waals surface area (Å²) < 4.78 is 7.49. The zero-order valence-corrected chi connectivity index (χ0v) is 20.4. The van der Waals surface area contributed by atoms with Crippen molar-refractivity contribution in [3.8, 4) is 16.9 Å². The van der Waals surface area contributed by atoms with Gasteiger partial charge in [0, 0.05) is 61.5 Å². The van der Waals surface area contributed by atoms with E-state index in [9.17, 15) is 4.79 Å². The molecule has 180 valence electrons. The van der Waals surface area contributed by atoms with Crippen molar-refractivity contribution in [3.63, 3.8) is 0 Å². The molecule has 10 nitrogen and oxygen atoms in total. The van der Waals surface area contributed by atoms with Gasteiger partial charge < -0.3 is 20.7 Å². The van der Waals surface area contributed by atoms with E-state index in [1.54, 1.807) is 31.2 Å². The van der Waals surface area contributed by atoms with Crippen molar-refractivity contribution in [3.05, 3.63) is 71.7 Å². The number of benzene rings is 1. The number of nitrogens with zero attached hydrogens (tertiary/aromatic N) is 5. The largest absolute Gasteiger partial charge is 0.494 e. The Morgan fingerprint density at radius 3 is 2.69 bits per heavy atom. The second kappa shape index (κ2) is 10.2. The second-order valence-corrected chi connectivity index (χ2v) is 8.00. The quantitative estimate of drug-likeness (QED) is 0.503. The third kappa shape index (κ3) is 5.37. The average Bonchev–Trinajstić information content (AvgIpc) is 3.17. The van der Waals surface area contributed by atoms with Gasteiger partial charge in [-0.15, -0.1) is 0 Å². The minimum Gasteiger partial charge on any atom is -0.494 e. The van der Waals surface area contributed by atoms with Gasteiger partial charge in [0.2, 0.25) is 0 Å². The van der Waals surface area contributed by atoms with Crippen LogP contribution in [0.5, 0.6) is 5.75 Å². The highest BCUT2D eigenvalue weighted by molar-refractivity contribution is 6.02. The van der Waals surface area contributed by atoms with Gasteiger partial charge in [0.25, 0.3) is 5.91 Å². The first kappa shape index (κ1) is 23.7. The monoisotopic (exact) mass is 472 g/mol. The van der Waals surface area contributed by atoms with Crippen LogP contribution < -0.4 is 20.7 Å². The summed E-state index contributed by atoms with van der Waals surface area (Å²) in [7, 11) is 5.07. The number of nitrogens with one attached hydrogen (secondary N) is 3. The van der Waals surface area contributed by atoms with E-state index in [1.165, 1.54) is 0 Å². The summed E-state index contributed by atoms with van der Waals surface area (Å²) in [6, 6.07) is 7.64. The molecule has 0 bridgehead atoms. The van der Waals surface area contributed by atoms with Crippen molar-refractivity contribution in [2.75, 3.05) is 24.8 Å². The minimum atomic E-state index is -0.259. The van der Waals surface area contributed by atoms with Gasteiger partial charge in [0.05, 0.1) is 24.6 Å². The van der Waals surface area contributed by atoms with Gasteiger partial charge in [0.15, 0.2) is 0 Å². The fourth-order valence-corrected chi connectivity index (χ4v) is 3.81. The van der Waals surface area contributed by atoms with Crippen molar-refractivity contribution in [2.45, 2.75) is 20.3 Å². The van der Waals surface area contributed by atoms with Crippen molar-refractivity contribution in [1.29, 1.82) is 0 Å². The number of hydrogen-bond acceptors (Lipinski definition) is 8. The number of aromatic nitrogens is 4. The molecule has 0 fully saturated rings. The first-order chi connectivity index (χ1) is 16.9. The van der Waals surface area contributed by atoms with E-state index in [2.05, 4.69) is 36.0 Å². The molecule has 2 aromatic heterocycles. The number of amidine groups is 1.